The summed E-state index contributed by atoms with van der Waals surface area (Å²) in [6.07, 6.45) is 0.611. The molecule has 9 nitrogen and oxygen atoms in total. The van der Waals surface area contributed by atoms with Gasteiger partial charge in [0.05, 0.1) is 19.4 Å². The maximum absolute atomic E-state index is 11.9. The number of ether oxygens (including phenoxy) is 2. The molecule has 0 atom stereocenters. The lowest BCUT2D eigenvalue weighted by Gasteiger charge is -2.30. The van der Waals surface area contributed by atoms with Crippen molar-refractivity contribution in [3.63, 3.8) is 0 Å². The summed E-state index contributed by atoms with van der Waals surface area (Å²) in [5.74, 6) is 0.936. The smallest absolute Gasteiger partial charge is 0.290 e. The Kier molecular flexibility index (Phi) is 8.34. The van der Waals surface area contributed by atoms with E-state index in [0.717, 1.165) is 33.7 Å². The summed E-state index contributed by atoms with van der Waals surface area (Å²) >= 11 is 0. The summed E-state index contributed by atoms with van der Waals surface area (Å²) in [6.45, 7) is 5.22. The Morgan fingerprint density at radius 2 is 2.16 bits per heavy atom. The van der Waals surface area contributed by atoms with Crippen LogP contribution in [0.25, 0.3) is 11.1 Å². The van der Waals surface area contributed by atoms with Gasteiger partial charge in [0.2, 0.25) is 5.91 Å². The third kappa shape index (κ3) is 5.29. The highest BCUT2D eigenvalue weighted by atomic mass is 16.5. The minimum absolute atomic E-state index is 0.00121. The van der Waals surface area contributed by atoms with Crippen LogP contribution in [0.15, 0.2) is 18.2 Å². The van der Waals surface area contributed by atoms with Crippen LogP contribution < -0.4 is 10.5 Å². The molecule has 0 unspecified atom stereocenters. The number of carbonyl (C=O) groups excluding carboxylic acids is 1. The fraction of sp³-hybridized carbons (Fsp3) is 0.364. The molecule has 2 heterocycles. The highest BCUT2D eigenvalue weighted by Crippen LogP contribution is 2.37. The quantitative estimate of drug-likeness (QED) is 0.695. The zero-order valence-corrected chi connectivity index (χ0v) is 17.8. The van der Waals surface area contributed by atoms with Crippen molar-refractivity contribution in [1.82, 2.24) is 9.88 Å². The van der Waals surface area contributed by atoms with E-state index in [1.165, 1.54) is 0 Å². The molecule has 0 bridgehead atoms. The second-order valence-electron chi connectivity index (χ2n) is 6.74. The molecule has 1 aromatic carbocycles. The maximum Gasteiger partial charge on any atom is 0.290 e. The Morgan fingerprint density at radius 1 is 1.45 bits per heavy atom. The molecule has 0 aliphatic carbocycles. The van der Waals surface area contributed by atoms with Gasteiger partial charge in [0.1, 0.15) is 23.2 Å². The number of aromatic nitrogens is 1. The molecule has 0 radical (unpaired) electrons. The summed E-state index contributed by atoms with van der Waals surface area (Å²) in [5.41, 5.74) is 10.6. The standard InChI is InChI=1S/C21H24N4O3.CH2O2/c1-4-28-12-15-9-14(5-6-19(15)27-3)20-16(10-22)21(23)24-18-7-8-25(13(2)26)11-17(18)20;2-1-3/h5-6,9H,4,7-8,11-12H2,1-3H3,(H2,23,24);1H,(H,2,3). The number of amides is 1. The predicted molar refractivity (Wildman–Crippen MR) is 114 cm³/mol. The SMILES string of the molecule is CCOCc1cc(-c2c(C#N)c(N)nc3c2CN(C(C)=O)CC3)ccc1OC.O=CO. The van der Waals surface area contributed by atoms with E-state index in [9.17, 15) is 10.1 Å². The van der Waals surface area contributed by atoms with E-state index in [1.54, 1.807) is 18.9 Å². The molecule has 3 rings (SSSR count). The molecule has 9 heteroatoms. The van der Waals surface area contributed by atoms with Crippen molar-refractivity contribution >= 4 is 18.2 Å². The lowest BCUT2D eigenvalue weighted by Crippen LogP contribution is -2.35. The monoisotopic (exact) mass is 426 g/mol. The Bertz CT molecular complexity index is 1000. The van der Waals surface area contributed by atoms with Gasteiger partial charge in [-0.3, -0.25) is 9.59 Å². The summed E-state index contributed by atoms with van der Waals surface area (Å²) in [4.78, 5) is 26.5. The van der Waals surface area contributed by atoms with Gasteiger partial charge in [0.25, 0.3) is 6.47 Å². The Hall–Kier alpha value is -3.64. The minimum atomic E-state index is -0.250. The van der Waals surface area contributed by atoms with Crippen LogP contribution in [0.2, 0.25) is 0 Å². The highest BCUT2D eigenvalue weighted by Gasteiger charge is 2.26. The normalized spacial score (nSPS) is 12.1. The van der Waals surface area contributed by atoms with Crippen molar-refractivity contribution in [1.29, 1.82) is 5.26 Å². The molecule has 1 amide bonds. The molecule has 2 aromatic rings. The molecule has 164 valence electrons. The first-order valence-corrected chi connectivity index (χ1v) is 9.71. The van der Waals surface area contributed by atoms with E-state index in [1.807, 2.05) is 25.1 Å². The van der Waals surface area contributed by atoms with Gasteiger partial charge in [-0.25, -0.2) is 4.98 Å². The van der Waals surface area contributed by atoms with Crippen molar-refractivity contribution in [2.45, 2.75) is 33.4 Å². The number of fused-ring (bicyclic) bond motifs is 1. The number of rotatable bonds is 5. The zero-order valence-electron chi connectivity index (χ0n) is 17.8. The van der Waals surface area contributed by atoms with Crippen LogP contribution >= 0.6 is 0 Å². The van der Waals surface area contributed by atoms with E-state index < -0.39 is 0 Å². The zero-order chi connectivity index (χ0) is 23.0. The number of methoxy groups -OCH3 is 1. The molecule has 1 aromatic heterocycles. The third-order valence-corrected chi connectivity index (χ3v) is 4.97. The van der Waals surface area contributed by atoms with Crippen LogP contribution in [-0.4, -0.2) is 47.6 Å². The number of carboxylic acid groups (broad SMARTS) is 1. The fourth-order valence-electron chi connectivity index (χ4n) is 3.54. The second-order valence-corrected chi connectivity index (χ2v) is 6.74. The summed E-state index contributed by atoms with van der Waals surface area (Å²) < 4.78 is 11.0. The third-order valence-electron chi connectivity index (χ3n) is 4.97. The van der Waals surface area contributed by atoms with E-state index in [2.05, 4.69) is 11.1 Å². The fourth-order valence-corrected chi connectivity index (χ4v) is 3.54. The van der Waals surface area contributed by atoms with Crippen LogP contribution in [0.1, 0.15) is 36.2 Å². The molecule has 3 N–H and O–H groups in total. The first-order chi connectivity index (χ1) is 14.9. The van der Waals surface area contributed by atoms with Crippen molar-refractivity contribution in [3.05, 3.63) is 40.6 Å². The molecule has 31 heavy (non-hydrogen) atoms. The average molecular weight is 426 g/mol. The summed E-state index contributed by atoms with van der Waals surface area (Å²) in [5, 5.41) is 16.6. The Balaban J connectivity index is 0.00000107. The molecule has 0 saturated carbocycles. The van der Waals surface area contributed by atoms with Crippen LogP contribution in [0.3, 0.4) is 0 Å². The van der Waals surface area contributed by atoms with Gasteiger partial charge in [-0.2, -0.15) is 5.26 Å². The van der Waals surface area contributed by atoms with Crippen molar-refractivity contribution in [2.75, 3.05) is 26.0 Å². The van der Waals surface area contributed by atoms with E-state index in [4.69, 9.17) is 25.1 Å². The Morgan fingerprint density at radius 3 is 2.74 bits per heavy atom. The molecule has 0 saturated heterocycles. The largest absolute Gasteiger partial charge is 0.496 e. The molecule has 1 aliphatic rings. The molecular formula is C22H26N4O5. The lowest BCUT2D eigenvalue weighted by atomic mass is 9.90. The van der Waals surface area contributed by atoms with E-state index >= 15 is 0 Å². The van der Waals surface area contributed by atoms with Gasteiger partial charge in [-0.05, 0) is 24.6 Å². The van der Waals surface area contributed by atoms with Gasteiger partial charge in [0, 0.05) is 49.7 Å². The molecule has 0 spiro atoms. The number of benzene rings is 1. The number of nitriles is 1. The lowest BCUT2D eigenvalue weighted by molar-refractivity contribution is -0.129. The number of pyridine rings is 1. The predicted octanol–water partition coefficient (Wildman–Crippen LogP) is 2.35. The van der Waals surface area contributed by atoms with E-state index in [-0.39, 0.29) is 18.2 Å². The van der Waals surface area contributed by atoms with Crippen LogP contribution in [-0.2, 0) is 33.9 Å². The number of nitrogens with zero attached hydrogens (tertiary/aromatic N) is 3. The summed E-state index contributed by atoms with van der Waals surface area (Å²) in [6, 6.07) is 7.91. The number of hydrogen-bond acceptors (Lipinski definition) is 7. The maximum atomic E-state index is 11.9. The molecular weight excluding hydrogens is 400 g/mol. The van der Waals surface area contributed by atoms with Crippen LogP contribution in [0.4, 0.5) is 5.82 Å². The van der Waals surface area contributed by atoms with Crippen LogP contribution in [0, 0.1) is 11.3 Å². The van der Waals surface area contributed by atoms with E-state index in [0.29, 0.717) is 38.3 Å². The van der Waals surface area contributed by atoms with Gasteiger partial charge in [-0.15, -0.1) is 0 Å². The average Bonchev–Trinajstić information content (AvgIpc) is 2.76. The topological polar surface area (TPSA) is 139 Å². The van der Waals surface area contributed by atoms with Crippen LogP contribution in [0.5, 0.6) is 5.75 Å². The first-order valence-electron chi connectivity index (χ1n) is 9.71. The van der Waals surface area contributed by atoms with Gasteiger partial charge < -0.3 is 25.2 Å². The van der Waals surface area contributed by atoms with Crippen molar-refractivity contribution in [3.8, 4) is 22.9 Å². The van der Waals surface area contributed by atoms with Gasteiger partial charge in [-0.1, -0.05) is 6.07 Å². The van der Waals surface area contributed by atoms with Crippen molar-refractivity contribution in [2.24, 2.45) is 0 Å². The Labute approximate surface area is 181 Å². The number of carbonyl (C=O) groups is 2. The number of nitrogen functional groups attached to an aromatic ring is 1. The van der Waals surface area contributed by atoms with Gasteiger partial charge in [0.15, 0.2) is 0 Å². The summed E-state index contributed by atoms with van der Waals surface area (Å²) in [7, 11) is 1.61. The molecule has 0 fully saturated rings. The van der Waals surface area contributed by atoms with Gasteiger partial charge >= 0.3 is 0 Å². The number of anilines is 1. The highest BCUT2D eigenvalue weighted by molar-refractivity contribution is 5.81. The molecule has 1 aliphatic heterocycles. The van der Waals surface area contributed by atoms with Crippen molar-refractivity contribution < 1.29 is 24.2 Å². The number of nitrogens with two attached hydrogens (primary N) is 1. The first kappa shape index (κ1) is 23.6. The number of hydrogen-bond donors (Lipinski definition) is 2. The second kappa shape index (κ2) is 10.9. The minimum Gasteiger partial charge on any atom is -0.496 e.